The molecule has 0 spiro atoms. The Labute approximate surface area is 76.6 Å². The Balaban J connectivity index is 0.000000490. The van der Waals surface area contributed by atoms with Crippen molar-refractivity contribution in [3.8, 4) is 0 Å². The van der Waals surface area contributed by atoms with E-state index in [-0.39, 0.29) is 24.0 Å². The smallest absolute Gasteiger partial charge is 0.0151 e. The zero-order valence-electron chi connectivity index (χ0n) is 5.06. The number of hydrogen-bond acceptors (Lipinski definition) is 0. The van der Waals surface area contributed by atoms with E-state index in [9.17, 15) is 0 Å². The van der Waals surface area contributed by atoms with Crippen molar-refractivity contribution in [3.63, 3.8) is 0 Å². The Hall–Kier alpha value is 1.21. The Morgan fingerprint density at radius 3 is 2.12 bits per heavy atom. The highest BCUT2D eigenvalue weighted by molar-refractivity contribution is 14.0. The minimum atomic E-state index is 0. The molecule has 50 valence electrons. The van der Waals surface area contributed by atoms with Crippen LogP contribution in [-0.2, 0) is 0 Å². The van der Waals surface area contributed by atoms with Crippen molar-refractivity contribution in [2.75, 3.05) is 0 Å². The average molecular weight is 291 g/mol. The van der Waals surface area contributed by atoms with Crippen molar-refractivity contribution >= 4 is 39.9 Å². The standard InChI is InChI=1S/C6H11Br.HI/c1-2-5-3-6(7)4-5;/h5-6H,2-4H2,1H3;1H. The molecule has 1 saturated carbocycles. The van der Waals surface area contributed by atoms with Crippen LogP contribution in [0.15, 0.2) is 0 Å². The van der Waals surface area contributed by atoms with E-state index in [1.165, 1.54) is 19.3 Å². The molecule has 0 unspecified atom stereocenters. The van der Waals surface area contributed by atoms with Gasteiger partial charge in [-0.1, -0.05) is 29.3 Å². The highest BCUT2D eigenvalue weighted by Crippen LogP contribution is 2.34. The van der Waals surface area contributed by atoms with Crippen molar-refractivity contribution in [2.45, 2.75) is 31.0 Å². The van der Waals surface area contributed by atoms with Gasteiger partial charge in [0.05, 0.1) is 0 Å². The van der Waals surface area contributed by atoms with E-state index in [2.05, 4.69) is 22.9 Å². The van der Waals surface area contributed by atoms with Gasteiger partial charge in [-0.3, -0.25) is 0 Å². The molecular weight excluding hydrogens is 279 g/mol. The lowest BCUT2D eigenvalue weighted by atomic mass is 9.83. The summed E-state index contributed by atoms with van der Waals surface area (Å²) >= 11 is 3.54. The second-order valence-electron chi connectivity index (χ2n) is 2.34. The number of rotatable bonds is 1. The van der Waals surface area contributed by atoms with E-state index in [0.29, 0.717) is 0 Å². The molecule has 1 rings (SSSR count). The van der Waals surface area contributed by atoms with Gasteiger partial charge in [-0.2, -0.15) is 0 Å². The molecule has 0 bridgehead atoms. The van der Waals surface area contributed by atoms with E-state index in [1.54, 1.807) is 0 Å². The minimum Gasteiger partial charge on any atom is -0.107 e. The van der Waals surface area contributed by atoms with Crippen LogP contribution in [0, 0.1) is 5.92 Å². The SMILES string of the molecule is CCC1CC(Br)C1.I. The lowest BCUT2D eigenvalue weighted by Crippen LogP contribution is -2.22. The molecule has 1 fully saturated rings. The molecule has 0 amide bonds. The largest absolute Gasteiger partial charge is 0.107 e. The van der Waals surface area contributed by atoms with Crippen molar-refractivity contribution in [3.05, 3.63) is 0 Å². The zero-order valence-corrected chi connectivity index (χ0v) is 8.98. The van der Waals surface area contributed by atoms with E-state index in [0.717, 1.165) is 10.7 Å². The van der Waals surface area contributed by atoms with Crippen molar-refractivity contribution in [1.29, 1.82) is 0 Å². The molecule has 0 N–H and O–H groups in total. The lowest BCUT2D eigenvalue weighted by Gasteiger charge is -2.29. The van der Waals surface area contributed by atoms with Crippen molar-refractivity contribution < 1.29 is 0 Å². The third kappa shape index (κ3) is 2.21. The quantitative estimate of drug-likeness (QED) is 0.514. The summed E-state index contributed by atoms with van der Waals surface area (Å²) < 4.78 is 0. The molecule has 0 atom stereocenters. The third-order valence-corrected chi connectivity index (χ3v) is 2.50. The Bertz CT molecular complexity index is 59.5. The third-order valence-electron chi connectivity index (χ3n) is 1.76. The molecule has 0 aromatic rings. The van der Waals surface area contributed by atoms with Gasteiger partial charge >= 0.3 is 0 Å². The first-order valence-corrected chi connectivity index (χ1v) is 3.88. The molecule has 0 aliphatic heterocycles. The second kappa shape index (κ2) is 4.09. The molecule has 1 aliphatic carbocycles. The molecule has 0 radical (unpaired) electrons. The summed E-state index contributed by atoms with van der Waals surface area (Å²) in [7, 11) is 0. The van der Waals surface area contributed by atoms with Gasteiger partial charge in [-0.15, -0.1) is 24.0 Å². The average Bonchev–Trinajstić information content (AvgIpc) is 1.58. The van der Waals surface area contributed by atoms with Gasteiger partial charge in [0.25, 0.3) is 0 Å². The monoisotopic (exact) mass is 290 g/mol. The first-order valence-electron chi connectivity index (χ1n) is 2.97. The summed E-state index contributed by atoms with van der Waals surface area (Å²) in [5.41, 5.74) is 0. The van der Waals surface area contributed by atoms with Crippen molar-refractivity contribution in [2.24, 2.45) is 5.92 Å². The summed E-state index contributed by atoms with van der Waals surface area (Å²) in [6, 6.07) is 0. The molecule has 0 aromatic heterocycles. The highest BCUT2D eigenvalue weighted by Gasteiger charge is 2.24. The fourth-order valence-corrected chi connectivity index (χ4v) is 2.05. The van der Waals surface area contributed by atoms with Gasteiger partial charge in [0, 0.05) is 4.83 Å². The minimum absolute atomic E-state index is 0. The second-order valence-corrected chi connectivity index (χ2v) is 3.64. The van der Waals surface area contributed by atoms with Gasteiger partial charge in [0.2, 0.25) is 0 Å². The first kappa shape index (κ1) is 9.21. The summed E-state index contributed by atoms with van der Waals surface area (Å²) in [5.74, 6) is 1.05. The van der Waals surface area contributed by atoms with Crippen LogP contribution < -0.4 is 0 Å². The normalized spacial score (nSPS) is 35.2. The van der Waals surface area contributed by atoms with Crippen LogP contribution in [0.3, 0.4) is 0 Å². The molecule has 0 heterocycles. The first-order chi connectivity index (χ1) is 3.33. The maximum atomic E-state index is 3.54. The van der Waals surface area contributed by atoms with Crippen LogP contribution >= 0.6 is 39.9 Å². The highest BCUT2D eigenvalue weighted by atomic mass is 127. The van der Waals surface area contributed by atoms with Crippen LogP contribution in [0.1, 0.15) is 26.2 Å². The van der Waals surface area contributed by atoms with Crippen LogP contribution in [0.2, 0.25) is 0 Å². The molecule has 0 saturated heterocycles. The Morgan fingerprint density at radius 1 is 1.50 bits per heavy atom. The maximum absolute atomic E-state index is 3.54. The van der Waals surface area contributed by atoms with E-state index in [4.69, 9.17) is 0 Å². The van der Waals surface area contributed by atoms with E-state index >= 15 is 0 Å². The van der Waals surface area contributed by atoms with Gasteiger partial charge in [-0.25, -0.2) is 0 Å². The number of halogens is 2. The summed E-state index contributed by atoms with van der Waals surface area (Å²) in [6.07, 6.45) is 4.20. The fourth-order valence-electron chi connectivity index (χ4n) is 0.988. The lowest BCUT2D eigenvalue weighted by molar-refractivity contribution is 0.324. The number of alkyl halides is 1. The summed E-state index contributed by atoms with van der Waals surface area (Å²) in [6.45, 7) is 2.27. The van der Waals surface area contributed by atoms with Gasteiger partial charge in [0.15, 0.2) is 0 Å². The molecule has 0 aromatic carbocycles. The van der Waals surface area contributed by atoms with Crippen molar-refractivity contribution in [1.82, 2.24) is 0 Å². The maximum Gasteiger partial charge on any atom is 0.0151 e. The summed E-state index contributed by atoms with van der Waals surface area (Å²) in [5, 5.41) is 0. The molecule has 8 heavy (non-hydrogen) atoms. The predicted molar refractivity (Wildman–Crippen MR) is 51.1 cm³/mol. The zero-order chi connectivity index (χ0) is 5.28. The summed E-state index contributed by atoms with van der Waals surface area (Å²) in [4.78, 5) is 0.859. The van der Waals surface area contributed by atoms with Crippen LogP contribution in [0.5, 0.6) is 0 Å². The molecule has 0 nitrogen and oxygen atoms in total. The Kier molecular flexibility index (Phi) is 4.71. The number of hydrogen-bond donors (Lipinski definition) is 0. The molecule has 1 aliphatic rings. The van der Waals surface area contributed by atoms with E-state index in [1.807, 2.05) is 0 Å². The predicted octanol–water partition coefficient (Wildman–Crippen LogP) is 3.19. The van der Waals surface area contributed by atoms with Crippen LogP contribution in [0.25, 0.3) is 0 Å². The van der Waals surface area contributed by atoms with Gasteiger partial charge in [0.1, 0.15) is 0 Å². The topological polar surface area (TPSA) is 0 Å². The van der Waals surface area contributed by atoms with Gasteiger partial charge in [-0.05, 0) is 18.8 Å². The molecular formula is C6H12BrI. The Morgan fingerprint density at radius 2 is 2.00 bits per heavy atom. The van der Waals surface area contributed by atoms with Gasteiger partial charge < -0.3 is 0 Å². The molecule has 2 heteroatoms. The fraction of sp³-hybridized carbons (Fsp3) is 1.00. The van der Waals surface area contributed by atoms with Crippen LogP contribution in [-0.4, -0.2) is 4.83 Å². The van der Waals surface area contributed by atoms with Crippen LogP contribution in [0.4, 0.5) is 0 Å². The van der Waals surface area contributed by atoms with E-state index < -0.39 is 0 Å².